The standard InChI is InChI=1S/C59H56F6N2/c1-7-37-55(3,4)43-29-33-47(34-30-43)66(53-27-13-19-41-17-9-11-25-51(41)53)49-23-15-21-45(39-49)57(58(60,61)62,59(63,64)65)46-22-16-24-50(40-46)67(54-28-14-20-42-18-10-12-26-52(42)54)48-35-31-44(32-36-48)56(5,6)38-8-2/h9-36,39-40H,7-8,37-38H2,1-6H3. The molecule has 8 rings (SSSR count). The molecule has 0 aliphatic carbocycles. The van der Waals surface area contributed by atoms with Gasteiger partial charge in [0, 0.05) is 33.5 Å². The number of halogens is 6. The molecule has 67 heavy (non-hydrogen) atoms. The van der Waals surface area contributed by atoms with Crippen LogP contribution < -0.4 is 9.80 Å². The fraction of sp³-hybridized carbons (Fsp3) is 0.254. The van der Waals surface area contributed by atoms with Crippen molar-refractivity contribution in [3.63, 3.8) is 0 Å². The van der Waals surface area contributed by atoms with E-state index in [2.05, 4.69) is 41.5 Å². The van der Waals surface area contributed by atoms with Gasteiger partial charge in [0.25, 0.3) is 0 Å². The number of fused-ring (bicyclic) bond motifs is 2. The van der Waals surface area contributed by atoms with E-state index >= 15 is 26.3 Å². The van der Waals surface area contributed by atoms with Gasteiger partial charge in [0.05, 0.1) is 11.4 Å². The smallest absolute Gasteiger partial charge is 0.310 e. The highest BCUT2D eigenvalue weighted by Crippen LogP contribution is 2.58. The van der Waals surface area contributed by atoms with Crippen molar-refractivity contribution >= 4 is 55.7 Å². The minimum Gasteiger partial charge on any atom is -0.310 e. The normalized spacial score (nSPS) is 12.7. The highest BCUT2D eigenvalue weighted by atomic mass is 19.4. The summed E-state index contributed by atoms with van der Waals surface area (Å²) in [6, 6.07) is 51.7. The predicted octanol–water partition coefficient (Wildman–Crippen LogP) is 18.5. The molecule has 0 radical (unpaired) electrons. The van der Waals surface area contributed by atoms with Gasteiger partial charge in [-0.2, -0.15) is 26.3 Å². The Bertz CT molecular complexity index is 2770. The Kier molecular flexibility index (Phi) is 12.8. The van der Waals surface area contributed by atoms with E-state index in [9.17, 15) is 0 Å². The Labute approximate surface area is 390 Å². The third kappa shape index (κ3) is 8.79. The molecule has 0 aliphatic heterocycles. The second-order valence-corrected chi connectivity index (χ2v) is 18.9. The van der Waals surface area contributed by atoms with E-state index in [-0.39, 0.29) is 22.2 Å². The van der Waals surface area contributed by atoms with Crippen LogP contribution in [0, 0.1) is 0 Å². The predicted molar refractivity (Wildman–Crippen MR) is 266 cm³/mol. The van der Waals surface area contributed by atoms with Crippen LogP contribution in [0.1, 0.15) is 89.5 Å². The van der Waals surface area contributed by atoms with E-state index in [0.717, 1.165) is 82.6 Å². The van der Waals surface area contributed by atoms with Gasteiger partial charge in [-0.25, -0.2) is 0 Å². The van der Waals surface area contributed by atoms with Crippen LogP contribution in [0.25, 0.3) is 21.5 Å². The summed E-state index contributed by atoms with van der Waals surface area (Å²) in [4.78, 5) is 3.51. The van der Waals surface area contributed by atoms with Gasteiger partial charge in [-0.15, -0.1) is 0 Å². The molecule has 0 atom stereocenters. The summed E-state index contributed by atoms with van der Waals surface area (Å²) in [5.74, 6) is 0. The van der Waals surface area contributed by atoms with E-state index in [0.29, 0.717) is 22.7 Å². The molecule has 0 saturated heterocycles. The van der Waals surface area contributed by atoms with E-state index in [1.54, 1.807) is 21.9 Å². The molecular formula is C59H56F6N2. The first-order chi connectivity index (χ1) is 31.9. The number of benzene rings is 8. The molecule has 8 aromatic rings. The molecule has 8 heteroatoms. The van der Waals surface area contributed by atoms with Crippen molar-refractivity contribution in [3.8, 4) is 0 Å². The van der Waals surface area contributed by atoms with Crippen molar-refractivity contribution in [2.45, 2.75) is 95.8 Å². The zero-order valence-corrected chi connectivity index (χ0v) is 38.8. The number of rotatable bonds is 14. The number of hydrogen-bond donors (Lipinski definition) is 0. The van der Waals surface area contributed by atoms with Crippen molar-refractivity contribution in [2.24, 2.45) is 0 Å². The lowest BCUT2D eigenvalue weighted by Crippen LogP contribution is -2.54. The third-order valence-electron chi connectivity index (χ3n) is 13.5. The van der Waals surface area contributed by atoms with Crippen molar-refractivity contribution in [1.82, 2.24) is 0 Å². The van der Waals surface area contributed by atoms with Gasteiger partial charge in [0.2, 0.25) is 5.41 Å². The van der Waals surface area contributed by atoms with Gasteiger partial charge >= 0.3 is 12.4 Å². The van der Waals surface area contributed by atoms with E-state index in [1.165, 1.54) is 12.1 Å². The van der Waals surface area contributed by atoms with Crippen LogP contribution in [0.2, 0.25) is 0 Å². The number of hydrogen-bond acceptors (Lipinski definition) is 2. The molecule has 8 aromatic carbocycles. The quantitative estimate of drug-likeness (QED) is 0.100. The number of nitrogens with zero attached hydrogens (tertiary/aromatic N) is 2. The minimum absolute atomic E-state index is 0.145. The highest BCUT2D eigenvalue weighted by Gasteiger charge is 2.72. The Hall–Kier alpha value is -6.54. The van der Waals surface area contributed by atoms with Crippen LogP contribution in [0.15, 0.2) is 182 Å². The fourth-order valence-corrected chi connectivity index (χ4v) is 10.1. The number of alkyl halides is 6. The Balaban J connectivity index is 1.34. The van der Waals surface area contributed by atoms with Crippen molar-refractivity contribution in [1.29, 1.82) is 0 Å². The van der Waals surface area contributed by atoms with Crippen molar-refractivity contribution < 1.29 is 26.3 Å². The molecule has 0 fully saturated rings. The summed E-state index contributed by atoms with van der Waals surface area (Å²) in [5, 5.41) is 3.31. The topological polar surface area (TPSA) is 6.48 Å². The van der Waals surface area contributed by atoms with Gasteiger partial charge in [-0.3, -0.25) is 0 Å². The molecule has 0 spiro atoms. The molecule has 0 aliphatic rings. The average Bonchev–Trinajstić information content (AvgIpc) is 3.29. The largest absolute Gasteiger partial charge is 0.411 e. The lowest BCUT2D eigenvalue weighted by molar-refractivity contribution is -0.288. The Morgan fingerprint density at radius 1 is 0.358 bits per heavy atom. The number of anilines is 6. The highest BCUT2D eigenvalue weighted by molar-refractivity contribution is 6.00. The molecule has 0 unspecified atom stereocenters. The van der Waals surface area contributed by atoms with Crippen LogP contribution in [-0.2, 0) is 16.2 Å². The van der Waals surface area contributed by atoms with E-state index in [1.807, 2.05) is 133 Å². The monoisotopic (exact) mass is 906 g/mol. The maximum Gasteiger partial charge on any atom is 0.411 e. The van der Waals surface area contributed by atoms with Gasteiger partial charge in [-0.1, -0.05) is 176 Å². The summed E-state index contributed by atoms with van der Waals surface area (Å²) >= 11 is 0. The molecule has 0 heterocycles. The minimum atomic E-state index is -5.84. The summed E-state index contributed by atoms with van der Waals surface area (Å²) in [5.41, 5.74) is -1.81. The summed E-state index contributed by atoms with van der Waals surface area (Å²) in [6.07, 6.45) is -7.87. The molecule has 2 nitrogen and oxygen atoms in total. The average molecular weight is 907 g/mol. The molecule has 0 N–H and O–H groups in total. The van der Waals surface area contributed by atoms with Crippen LogP contribution in [0.3, 0.4) is 0 Å². The van der Waals surface area contributed by atoms with Crippen LogP contribution in [0.4, 0.5) is 60.5 Å². The van der Waals surface area contributed by atoms with Crippen molar-refractivity contribution in [3.05, 3.63) is 204 Å². The van der Waals surface area contributed by atoms with E-state index < -0.39 is 28.9 Å². The second-order valence-electron chi connectivity index (χ2n) is 18.9. The van der Waals surface area contributed by atoms with Gasteiger partial charge in [-0.05, 0) is 117 Å². The first-order valence-electron chi connectivity index (χ1n) is 23.0. The van der Waals surface area contributed by atoms with Crippen LogP contribution >= 0.6 is 0 Å². The summed E-state index contributed by atoms with van der Waals surface area (Å²) in [7, 11) is 0. The zero-order chi connectivity index (χ0) is 47.8. The fourth-order valence-electron chi connectivity index (χ4n) is 10.1. The first kappa shape index (κ1) is 47.0. The maximum absolute atomic E-state index is 16.3. The Morgan fingerprint density at radius 3 is 1.06 bits per heavy atom. The van der Waals surface area contributed by atoms with Gasteiger partial charge in [0.15, 0.2) is 0 Å². The zero-order valence-electron chi connectivity index (χ0n) is 38.8. The van der Waals surface area contributed by atoms with Crippen LogP contribution in [0.5, 0.6) is 0 Å². The SMILES string of the molecule is CCCC(C)(C)c1ccc(N(c2cccc(C(c3cccc(N(c4ccc(C(C)(C)CCC)cc4)c4cccc5ccccc45)c3)(C(F)(F)F)C(F)(F)F)c2)c2cccc3ccccc23)cc1. The molecular weight excluding hydrogens is 851 g/mol. The lowest BCUT2D eigenvalue weighted by atomic mass is 9.72. The molecule has 344 valence electrons. The van der Waals surface area contributed by atoms with Gasteiger partial charge < -0.3 is 9.80 Å². The molecule has 0 saturated carbocycles. The summed E-state index contributed by atoms with van der Waals surface area (Å²) in [6.45, 7) is 12.9. The second kappa shape index (κ2) is 18.3. The van der Waals surface area contributed by atoms with Gasteiger partial charge in [0.1, 0.15) is 0 Å². The molecule has 0 aromatic heterocycles. The Morgan fingerprint density at radius 2 is 0.701 bits per heavy atom. The maximum atomic E-state index is 16.3. The van der Waals surface area contributed by atoms with Crippen LogP contribution in [-0.4, -0.2) is 12.4 Å². The lowest BCUT2D eigenvalue weighted by Gasteiger charge is -2.39. The van der Waals surface area contributed by atoms with Crippen molar-refractivity contribution in [2.75, 3.05) is 9.80 Å². The molecule has 0 amide bonds. The first-order valence-corrected chi connectivity index (χ1v) is 23.0. The third-order valence-corrected chi connectivity index (χ3v) is 13.5. The summed E-state index contributed by atoms with van der Waals surface area (Å²) < 4.78 is 97.8. The van der Waals surface area contributed by atoms with E-state index in [4.69, 9.17) is 0 Å². The molecule has 0 bridgehead atoms.